The number of rotatable bonds is 5. The molecule has 0 aliphatic heterocycles. The molecule has 0 N–H and O–H groups in total. The Morgan fingerprint density at radius 2 is 1.86 bits per heavy atom. The molecule has 0 amide bonds. The molecule has 1 aromatic carbocycles. The fourth-order valence-corrected chi connectivity index (χ4v) is 3.92. The van der Waals surface area contributed by atoms with Crippen molar-refractivity contribution in [2.45, 2.75) is 38.1 Å². The van der Waals surface area contributed by atoms with Crippen molar-refractivity contribution in [2.75, 3.05) is 0 Å². The first kappa shape index (κ1) is 19.8. The molecule has 144 valence electrons. The summed E-state index contributed by atoms with van der Waals surface area (Å²) in [4.78, 5) is 34.4. The predicted molar refractivity (Wildman–Crippen MR) is 109 cm³/mol. The molecular weight excluding hydrogens is 374 g/mol. The third kappa shape index (κ3) is 3.85. The van der Waals surface area contributed by atoms with E-state index < -0.39 is 0 Å². The lowest BCUT2D eigenvalue weighted by molar-refractivity contribution is 0.498. The second-order valence-corrected chi connectivity index (χ2v) is 7.99. The number of thioether (sulfide) groups is 1. The normalized spacial score (nSPS) is 11.1. The van der Waals surface area contributed by atoms with E-state index in [4.69, 9.17) is 5.26 Å². The highest BCUT2D eigenvalue weighted by molar-refractivity contribution is 7.98. The van der Waals surface area contributed by atoms with E-state index in [9.17, 15) is 9.59 Å². The maximum absolute atomic E-state index is 12.8. The number of benzene rings is 1. The lowest BCUT2D eigenvalue weighted by atomic mass is 10.2. The average molecular weight is 395 g/mol. The van der Waals surface area contributed by atoms with Gasteiger partial charge in [0.05, 0.1) is 11.6 Å². The maximum Gasteiger partial charge on any atom is 0.332 e. The van der Waals surface area contributed by atoms with E-state index in [2.05, 4.69) is 16.0 Å². The van der Waals surface area contributed by atoms with Crippen LogP contribution < -0.4 is 11.2 Å². The first-order chi connectivity index (χ1) is 13.3. The van der Waals surface area contributed by atoms with Crippen molar-refractivity contribution in [3.05, 3.63) is 62.1 Å². The molecule has 0 unspecified atom stereocenters. The summed E-state index contributed by atoms with van der Waals surface area (Å²) in [6, 6.07) is 9.39. The topological polar surface area (TPSA) is 93.6 Å². The van der Waals surface area contributed by atoms with E-state index in [0.29, 0.717) is 39.7 Å². The van der Waals surface area contributed by atoms with Crippen molar-refractivity contribution in [2.24, 2.45) is 13.0 Å². The summed E-state index contributed by atoms with van der Waals surface area (Å²) in [6.45, 7) is 6.25. The zero-order valence-electron chi connectivity index (χ0n) is 16.3. The van der Waals surface area contributed by atoms with Gasteiger partial charge < -0.3 is 0 Å². The van der Waals surface area contributed by atoms with Crippen molar-refractivity contribution in [1.29, 1.82) is 5.26 Å². The molecule has 7 nitrogen and oxygen atoms in total. The van der Waals surface area contributed by atoms with Gasteiger partial charge in [-0.25, -0.2) is 14.8 Å². The zero-order valence-corrected chi connectivity index (χ0v) is 17.1. The molecule has 8 heteroatoms. The monoisotopic (exact) mass is 395 g/mol. The summed E-state index contributed by atoms with van der Waals surface area (Å²) < 4.78 is 2.68. The SMILES string of the molecule is Cc1nc(SCc2ccc(C#N)cc2)c2c(=O)n(C)c(=O)n(CC(C)C)c2n1. The van der Waals surface area contributed by atoms with E-state index in [-0.39, 0.29) is 17.2 Å². The molecule has 0 fully saturated rings. The quantitative estimate of drug-likeness (QED) is 0.487. The largest absolute Gasteiger partial charge is 0.332 e. The second kappa shape index (κ2) is 7.98. The summed E-state index contributed by atoms with van der Waals surface area (Å²) in [5, 5.41) is 9.84. The Hall–Kier alpha value is -2.92. The highest BCUT2D eigenvalue weighted by Crippen LogP contribution is 2.26. The van der Waals surface area contributed by atoms with Crippen LogP contribution in [0.1, 0.15) is 30.8 Å². The van der Waals surface area contributed by atoms with Crippen LogP contribution in [-0.2, 0) is 19.3 Å². The van der Waals surface area contributed by atoms with E-state index >= 15 is 0 Å². The maximum atomic E-state index is 12.8. The Bertz CT molecular complexity index is 1190. The molecule has 28 heavy (non-hydrogen) atoms. The average Bonchev–Trinajstić information content (AvgIpc) is 2.67. The number of fused-ring (bicyclic) bond motifs is 1. The van der Waals surface area contributed by atoms with Gasteiger partial charge in [-0.2, -0.15) is 5.26 Å². The van der Waals surface area contributed by atoms with Gasteiger partial charge in [0.25, 0.3) is 5.56 Å². The number of nitrogens with zero attached hydrogens (tertiary/aromatic N) is 5. The Kier molecular flexibility index (Phi) is 5.66. The lowest BCUT2D eigenvalue weighted by Crippen LogP contribution is -2.39. The van der Waals surface area contributed by atoms with Gasteiger partial charge in [0.2, 0.25) is 0 Å². The van der Waals surface area contributed by atoms with E-state index in [1.807, 2.05) is 26.0 Å². The number of aryl methyl sites for hydroxylation is 1. The van der Waals surface area contributed by atoms with Gasteiger partial charge in [0.15, 0.2) is 5.65 Å². The van der Waals surface area contributed by atoms with Crippen molar-refractivity contribution in [1.82, 2.24) is 19.1 Å². The lowest BCUT2D eigenvalue weighted by Gasteiger charge is -2.15. The molecule has 3 rings (SSSR count). The van der Waals surface area contributed by atoms with Gasteiger partial charge in [-0.15, -0.1) is 11.8 Å². The van der Waals surface area contributed by atoms with E-state index in [1.165, 1.54) is 18.8 Å². The summed E-state index contributed by atoms with van der Waals surface area (Å²) in [6.07, 6.45) is 0. The van der Waals surface area contributed by atoms with Crippen LogP contribution in [0.15, 0.2) is 38.9 Å². The molecule has 0 atom stereocenters. The third-order valence-electron chi connectivity index (χ3n) is 4.27. The highest BCUT2D eigenvalue weighted by Gasteiger charge is 2.18. The standard InChI is InChI=1S/C20H21N5O2S/c1-12(2)10-25-17-16(19(26)24(4)20(25)27)18(23-13(3)22-17)28-11-15-7-5-14(9-21)6-8-15/h5-8,12H,10-11H2,1-4H3. The van der Waals surface area contributed by atoms with Crippen LogP contribution in [0.5, 0.6) is 0 Å². The van der Waals surface area contributed by atoms with Gasteiger partial charge in [-0.05, 0) is 30.5 Å². The minimum absolute atomic E-state index is 0.225. The zero-order chi connectivity index (χ0) is 20.4. The van der Waals surface area contributed by atoms with Crippen LogP contribution in [0, 0.1) is 24.2 Å². The molecule has 0 saturated heterocycles. The molecule has 0 radical (unpaired) electrons. The highest BCUT2D eigenvalue weighted by atomic mass is 32.2. The predicted octanol–water partition coefficient (Wildman–Crippen LogP) is 2.62. The Balaban J connectivity index is 2.12. The van der Waals surface area contributed by atoms with Crippen LogP contribution >= 0.6 is 11.8 Å². The fraction of sp³-hybridized carbons (Fsp3) is 0.350. The van der Waals surface area contributed by atoms with Gasteiger partial charge in [-0.3, -0.25) is 13.9 Å². The number of nitriles is 1. The Morgan fingerprint density at radius 1 is 1.18 bits per heavy atom. The number of aromatic nitrogens is 4. The molecule has 2 heterocycles. The minimum Gasteiger partial charge on any atom is -0.277 e. The van der Waals surface area contributed by atoms with Gasteiger partial charge in [0.1, 0.15) is 16.2 Å². The number of hydrogen-bond donors (Lipinski definition) is 0. The van der Waals surface area contributed by atoms with E-state index in [1.54, 1.807) is 23.6 Å². The van der Waals surface area contributed by atoms with Gasteiger partial charge >= 0.3 is 5.69 Å². The molecule has 3 aromatic rings. The van der Waals surface area contributed by atoms with Crippen LogP contribution in [0.3, 0.4) is 0 Å². The van der Waals surface area contributed by atoms with Gasteiger partial charge in [0, 0.05) is 19.3 Å². The van der Waals surface area contributed by atoms with Crippen LogP contribution in [-0.4, -0.2) is 19.1 Å². The molecule has 0 aliphatic rings. The Morgan fingerprint density at radius 3 is 2.46 bits per heavy atom. The molecule has 2 aromatic heterocycles. The van der Waals surface area contributed by atoms with E-state index in [0.717, 1.165) is 10.1 Å². The van der Waals surface area contributed by atoms with Gasteiger partial charge in [-0.1, -0.05) is 26.0 Å². The molecule has 0 bridgehead atoms. The molecular formula is C20H21N5O2S. The molecule has 0 saturated carbocycles. The van der Waals surface area contributed by atoms with Crippen molar-refractivity contribution in [3.63, 3.8) is 0 Å². The first-order valence-electron chi connectivity index (χ1n) is 8.91. The Labute approximate surface area is 166 Å². The third-order valence-corrected chi connectivity index (χ3v) is 5.31. The van der Waals surface area contributed by atoms with Crippen LogP contribution in [0.25, 0.3) is 11.0 Å². The summed E-state index contributed by atoms with van der Waals surface area (Å²) in [5.41, 5.74) is 1.25. The van der Waals surface area contributed by atoms with Crippen LogP contribution in [0.2, 0.25) is 0 Å². The number of hydrogen-bond acceptors (Lipinski definition) is 6. The van der Waals surface area contributed by atoms with Crippen molar-refractivity contribution in [3.8, 4) is 6.07 Å². The first-order valence-corrected chi connectivity index (χ1v) is 9.90. The van der Waals surface area contributed by atoms with Crippen LogP contribution in [0.4, 0.5) is 0 Å². The van der Waals surface area contributed by atoms with Crippen molar-refractivity contribution >= 4 is 22.8 Å². The smallest absolute Gasteiger partial charge is 0.277 e. The molecule has 0 spiro atoms. The second-order valence-electron chi connectivity index (χ2n) is 7.02. The molecule has 0 aliphatic carbocycles. The summed E-state index contributed by atoms with van der Waals surface area (Å²) in [7, 11) is 1.48. The summed E-state index contributed by atoms with van der Waals surface area (Å²) >= 11 is 1.42. The summed E-state index contributed by atoms with van der Waals surface area (Å²) in [5.74, 6) is 1.33. The minimum atomic E-state index is -0.387. The fourth-order valence-electron chi connectivity index (χ4n) is 2.90. The van der Waals surface area contributed by atoms with Crippen molar-refractivity contribution < 1.29 is 0 Å².